The van der Waals surface area contributed by atoms with E-state index in [1.807, 2.05) is 0 Å². The molecule has 0 aromatic heterocycles. The molecule has 9 heteroatoms. The van der Waals surface area contributed by atoms with Crippen molar-refractivity contribution in [2.45, 2.75) is 4.90 Å². The van der Waals surface area contributed by atoms with Gasteiger partial charge in [0, 0.05) is 11.4 Å². The summed E-state index contributed by atoms with van der Waals surface area (Å²) in [5.74, 6) is -1.23. The van der Waals surface area contributed by atoms with Crippen molar-refractivity contribution in [2.24, 2.45) is 5.14 Å². The van der Waals surface area contributed by atoms with Crippen molar-refractivity contribution in [1.82, 2.24) is 0 Å². The van der Waals surface area contributed by atoms with E-state index in [2.05, 4.69) is 5.32 Å². The number of carbonyl (C=O) groups excluding carboxylic acids is 2. The number of primary sulfonamides is 1. The summed E-state index contributed by atoms with van der Waals surface area (Å²) in [6, 6.07) is 11.3. The van der Waals surface area contributed by atoms with Crippen LogP contribution in [0.25, 0.3) is 0 Å². The second-order valence-corrected chi connectivity index (χ2v) is 6.38. The van der Waals surface area contributed by atoms with Crippen molar-refractivity contribution < 1.29 is 22.7 Å². The third kappa shape index (κ3) is 4.80. The Balaban J connectivity index is 1.89. The first kappa shape index (κ1) is 17.4. The number of esters is 1. The Morgan fingerprint density at radius 2 is 1.58 bits per heavy atom. The summed E-state index contributed by atoms with van der Waals surface area (Å²) < 4.78 is 27.1. The molecule has 0 aliphatic rings. The van der Waals surface area contributed by atoms with Gasteiger partial charge in [0.25, 0.3) is 5.91 Å². The number of amides is 1. The molecule has 24 heavy (non-hydrogen) atoms. The second-order valence-electron chi connectivity index (χ2n) is 4.82. The molecule has 5 N–H and O–H groups in total. The molecule has 0 bridgehead atoms. The van der Waals surface area contributed by atoms with Gasteiger partial charge in [0.1, 0.15) is 0 Å². The summed E-state index contributed by atoms with van der Waals surface area (Å²) >= 11 is 0. The minimum Gasteiger partial charge on any atom is -0.452 e. The minimum absolute atomic E-state index is 0.0738. The summed E-state index contributed by atoms with van der Waals surface area (Å²) in [5.41, 5.74) is 6.63. The van der Waals surface area contributed by atoms with Crippen LogP contribution in [0.4, 0.5) is 11.4 Å². The zero-order chi connectivity index (χ0) is 17.7. The maximum Gasteiger partial charge on any atom is 0.338 e. The van der Waals surface area contributed by atoms with Crippen LogP contribution in [0.1, 0.15) is 10.4 Å². The van der Waals surface area contributed by atoms with Crippen LogP contribution in [-0.4, -0.2) is 26.9 Å². The molecule has 0 saturated carbocycles. The number of sulfonamides is 1. The molecule has 1 amide bonds. The van der Waals surface area contributed by atoms with Gasteiger partial charge in [-0.1, -0.05) is 0 Å². The number of hydrogen-bond donors (Lipinski definition) is 3. The van der Waals surface area contributed by atoms with Gasteiger partial charge >= 0.3 is 5.97 Å². The summed E-state index contributed by atoms with van der Waals surface area (Å²) in [4.78, 5) is 23.4. The number of benzene rings is 2. The molecule has 2 aromatic carbocycles. The van der Waals surface area contributed by atoms with Gasteiger partial charge in [-0.15, -0.1) is 0 Å². The molecule has 2 rings (SSSR count). The van der Waals surface area contributed by atoms with E-state index in [1.165, 1.54) is 36.4 Å². The zero-order valence-electron chi connectivity index (χ0n) is 12.4. The van der Waals surface area contributed by atoms with E-state index in [0.29, 0.717) is 11.4 Å². The van der Waals surface area contributed by atoms with Gasteiger partial charge < -0.3 is 15.8 Å². The third-order valence-corrected chi connectivity index (χ3v) is 3.88. The molecule has 0 fully saturated rings. The average Bonchev–Trinajstić information content (AvgIpc) is 2.53. The molecule has 0 heterocycles. The van der Waals surface area contributed by atoms with Crippen molar-refractivity contribution in [3.05, 3.63) is 54.1 Å². The van der Waals surface area contributed by atoms with E-state index in [1.54, 1.807) is 12.1 Å². The predicted octanol–water partition coefficient (Wildman–Crippen LogP) is 0.712. The Labute approximate surface area is 138 Å². The lowest BCUT2D eigenvalue weighted by molar-refractivity contribution is -0.119. The van der Waals surface area contributed by atoms with Crippen molar-refractivity contribution in [3.63, 3.8) is 0 Å². The fourth-order valence-electron chi connectivity index (χ4n) is 1.76. The average molecular weight is 349 g/mol. The number of carbonyl (C=O) groups is 2. The molecule has 126 valence electrons. The van der Waals surface area contributed by atoms with E-state index in [-0.39, 0.29) is 10.5 Å². The van der Waals surface area contributed by atoms with Crippen LogP contribution in [0.3, 0.4) is 0 Å². The highest BCUT2D eigenvalue weighted by molar-refractivity contribution is 7.89. The Kier molecular flexibility index (Phi) is 5.17. The molecular weight excluding hydrogens is 334 g/mol. The van der Waals surface area contributed by atoms with E-state index in [9.17, 15) is 18.0 Å². The highest BCUT2D eigenvalue weighted by Crippen LogP contribution is 2.13. The van der Waals surface area contributed by atoms with E-state index in [4.69, 9.17) is 15.6 Å². The minimum atomic E-state index is -3.79. The van der Waals surface area contributed by atoms with Crippen molar-refractivity contribution >= 4 is 33.3 Å². The zero-order valence-corrected chi connectivity index (χ0v) is 13.2. The molecule has 2 aromatic rings. The maximum atomic E-state index is 11.7. The molecule has 0 aliphatic heterocycles. The fraction of sp³-hybridized carbons (Fsp3) is 0.0667. The molecule has 0 saturated heterocycles. The lowest BCUT2D eigenvalue weighted by atomic mass is 10.2. The van der Waals surface area contributed by atoms with Crippen LogP contribution in [-0.2, 0) is 19.6 Å². The molecule has 0 radical (unpaired) electrons. The van der Waals surface area contributed by atoms with Crippen LogP contribution < -0.4 is 16.2 Å². The van der Waals surface area contributed by atoms with Crippen LogP contribution in [0, 0.1) is 0 Å². The molecular formula is C15H15N3O5S. The van der Waals surface area contributed by atoms with Crippen LogP contribution in [0.5, 0.6) is 0 Å². The van der Waals surface area contributed by atoms with Gasteiger partial charge in [0.05, 0.1) is 10.5 Å². The number of rotatable bonds is 5. The van der Waals surface area contributed by atoms with Crippen molar-refractivity contribution in [2.75, 3.05) is 17.7 Å². The molecule has 0 spiro atoms. The molecule has 0 unspecified atom stereocenters. The first-order chi connectivity index (χ1) is 11.3. The number of anilines is 2. The monoisotopic (exact) mass is 349 g/mol. The normalized spacial score (nSPS) is 10.9. The van der Waals surface area contributed by atoms with Gasteiger partial charge in [-0.3, -0.25) is 4.79 Å². The number of nitrogen functional groups attached to an aromatic ring is 1. The Hall–Kier alpha value is -2.91. The Morgan fingerprint density at radius 3 is 2.12 bits per heavy atom. The molecule has 8 nitrogen and oxygen atoms in total. The smallest absolute Gasteiger partial charge is 0.338 e. The largest absolute Gasteiger partial charge is 0.452 e. The lowest BCUT2D eigenvalue weighted by Gasteiger charge is -2.07. The van der Waals surface area contributed by atoms with Gasteiger partial charge in [-0.05, 0) is 48.5 Å². The summed E-state index contributed by atoms with van der Waals surface area (Å²) in [5, 5.41) is 7.44. The Morgan fingerprint density at radius 1 is 1.00 bits per heavy atom. The number of ether oxygens (including phenoxy) is 1. The third-order valence-electron chi connectivity index (χ3n) is 2.95. The van der Waals surface area contributed by atoms with Crippen LogP contribution >= 0.6 is 0 Å². The first-order valence-corrected chi connectivity index (χ1v) is 8.26. The number of hydrogen-bond acceptors (Lipinski definition) is 6. The van der Waals surface area contributed by atoms with E-state index >= 15 is 0 Å². The van der Waals surface area contributed by atoms with E-state index < -0.39 is 28.5 Å². The first-order valence-electron chi connectivity index (χ1n) is 6.71. The number of nitrogens with two attached hydrogens (primary N) is 2. The quantitative estimate of drug-likeness (QED) is 0.536. The number of nitrogens with one attached hydrogen (secondary N) is 1. The summed E-state index contributed by atoms with van der Waals surface area (Å²) in [6.07, 6.45) is 0. The highest BCUT2D eigenvalue weighted by atomic mass is 32.2. The highest BCUT2D eigenvalue weighted by Gasteiger charge is 2.11. The van der Waals surface area contributed by atoms with Gasteiger partial charge in [-0.2, -0.15) is 0 Å². The van der Waals surface area contributed by atoms with Gasteiger partial charge in [0.15, 0.2) is 6.61 Å². The fourth-order valence-corrected chi connectivity index (χ4v) is 2.27. The standard InChI is InChI=1S/C15H15N3O5S/c16-11-3-1-10(2-4-11)15(20)23-9-14(19)18-12-5-7-13(8-6-12)24(17,21)22/h1-8H,9,16H2,(H,18,19)(H2,17,21,22). The van der Waals surface area contributed by atoms with Gasteiger partial charge in [-0.25, -0.2) is 18.4 Å². The molecule has 0 aliphatic carbocycles. The Bertz CT molecular complexity index is 846. The molecule has 0 atom stereocenters. The van der Waals surface area contributed by atoms with Crippen LogP contribution in [0.15, 0.2) is 53.4 Å². The summed E-state index contributed by atoms with van der Waals surface area (Å²) in [7, 11) is -3.79. The maximum absolute atomic E-state index is 11.7. The van der Waals surface area contributed by atoms with E-state index in [0.717, 1.165) is 0 Å². The van der Waals surface area contributed by atoms with Gasteiger partial charge in [0.2, 0.25) is 10.0 Å². The summed E-state index contributed by atoms with van der Waals surface area (Å²) in [6.45, 7) is -0.486. The SMILES string of the molecule is Nc1ccc(C(=O)OCC(=O)Nc2ccc(S(N)(=O)=O)cc2)cc1. The van der Waals surface area contributed by atoms with Crippen molar-refractivity contribution in [1.29, 1.82) is 0 Å². The lowest BCUT2D eigenvalue weighted by Crippen LogP contribution is -2.21. The predicted molar refractivity (Wildman–Crippen MR) is 87.6 cm³/mol. The van der Waals surface area contributed by atoms with Crippen molar-refractivity contribution in [3.8, 4) is 0 Å². The second kappa shape index (κ2) is 7.11. The van der Waals surface area contributed by atoms with Crippen LogP contribution in [0.2, 0.25) is 0 Å². The topological polar surface area (TPSA) is 142 Å².